The predicted molar refractivity (Wildman–Crippen MR) is 67.7 cm³/mol. The van der Waals surface area contributed by atoms with Crippen LogP contribution < -0.4 is 0 Å². The second-order valence-corrected chi connectivity index (χ2v) is 4.84. The Labute approximate surface area is 96.7 Å². The molecule has 2 aromatic heterocycles. The largest absolute Gasteiger partial charge is 0.260 e. The highest BCUT2D eigenvalue weighted by Gasteiger charge is 2.08. The minimum atomic E-state index is 0.453. The lowest BCUT2D eigenvalue weighted by Crippen LogP contribution is -1.96. The van der Waals surface area contributed by atoms with Crippen LogP contribution in [0, 0.1) is 0 Å². The van der Waals surface area contributed by atoms with Crippen LogP contribution in [-0.2, 0) is 0 Å². The van der Waals surface area contributed by atoms with Crippen LogP contribution >= 0.6 is 0 Å². The van der Waals surface area contributed by atoms with E-state index in [2.05, 4.69) is 49.8 Å². The predicted octanol–water partition coefficient (Wildman–Crippen LogP) is 3.88. The number of aromatic nitrogens is 2. The van der Waals surface area contributed by atoms with Crippen molar-refractivity contribution in [1.29, 1.82) is 0 Å². The van der Waals surface area contributed by atoms with E-state index in [9.17, 15) is 0 Å². The van der Waals surface area contributed by atoms with Crippen molar-refractivity contribution in [2.75, 3.05) is 0 Å². The van der Waals surface area contributed by atoms with E-state index < -0.39 is 0 Å². The molecule has 0 aliphatic heterocycles. The fourth-order valence-corrected chi connectivity index (χ4v) is 1.90. The molecule has 0 aromatic carbocycles. The summed E-state index contributed by atoms with van der Waals surface area (Å²) >= 11 is 0. The van der Waals surface area contributed by atoms with Crippen LogP contribution in [0.2, 0.25) is 0 Å². The molecule has 0 spiro atoms. The van der Waals surface area contributed by atoms with Crippen LogP contribution in [-0.4, -0.2) is 9.97 Å². The van der Waals surface area contributed by atoms with Gasteiger partial charge >= 0.3 is 0 Å². The molecule has 0 unspecified atom stereocenters. The van der Waals surface area contributed by atoms with Crippen molar-refractivity contribution in [3.05, 3.63) is 35.8 Å². The zero-order chi connectivity index (χ0) is 11.7. The van der Waals surface area contributed by atoms with Crippen molar-refractivity contribution in [1.82, 2.24) is 9.97 Å². The third-order valence-electron chi connectivity index (χ3n) is 2.90. The maximum absolute atomic E-state index is 4.51. The summed E-state index contributed by atoms with van der Waals surface area (Å²) in [5.74, 6) is 0.964. The molecule has 0 atom stereocenters. The Balaban J connectivity index is 2.64. The lowest BCUT2D eigenvalue weighted by Gasteiger charge is -2.10. The topological polar surface area (TPSA) is 25.8 Å². The Bertz CT molecular complexity index is 501. The van der Waals surface area contributed by atoms with Gasteiger partial charge in [-0.1, -0.05) is 27.7 Å². The van der Waals surface area contributed by atoms with Gasteiger partial charge in [-0.2, -0.15) is 0 Å². The SMILES string of the molecule is CC(C)c1cc2nccc(C(C)C)c2cn1. The number of hydrogen-bond acceptors (Lipinski definition) is 2. The molecular formula is C14H18N2. The molecule has 2 rings (SSSR count). The summed E-state index contributed by atoms with van der Waals surface area (Å²) in [5, 5.41) is 1.18. The summed E-state index contributed by atoms with van der Waals surface area (Å²) in [5.41, 5.74) is 3.50. The second-order valence-electron chi connectivity index (χ2n) is 4.84. The third kappa shape index (κ3) is 1.92. The number of pyridine rings is 2. The lowest BCUT2D eigenvalue weighted by atomic mass is 9.99. The van der Waals surface area contributed by atoms with E-state index in [1.54, 1.807) is 0 Å². The average molecular weight is 214 g/mol. The van der Waals surface area contributed by atoms with Gasteiger partial charge in [-0.3, -0.25) is 9.97 Å². The molecule has 0 amide bonds. The van der Waals surface area contributed by atoms with E-state index in [1.807, 2.05) is 12.4 Å². The normalized spacial score (nSPS) is 11.6. The monoisotopic (exact) mass is 214 g/mol. The first-order chi connectivity index (χ1) is 7.59. The summed E-state index contributed by atoms with van der Waals surface area (Å²) in [6.45, 7) is 8.71. The molecular weight excluding hydrogens is 196 g/mol. The van der Waals surface area contributed by atoms with Gasteiger partial charge < -0.3 is 0 Å². The smallest absolute Gasteiger partial charge is 0.0738 e. The number of rotatable bonds is 2. The van der Waals surface area contributed by atoms with E-state index in [4.69, 9.17) is 0 Å². The van der Waals surface area contributed by atoms with Crippen molar-refractivity contribution in [2.24, 2.45) is 0 Å². The molecule has 2 nitrogen and oxygen atoms in total. The maximum Gasteiger partial charge on any atom is 0.0738 e. The molecule has 0 aliphatic rings. The second kappa shape index (κ2) is 4.20. The number of fused-ring (bicyclic) bond motifs is 1. The van der Waals surface area contributed by atoms with E-state index in [0.717, 1.165) is 11.2 Å². The van der Waals surface area contributed by atoms with Gasteiger partial charge in [0, 0.05) is 23.5 Å². The molecule has 0 saturated heterocycles. The van der Waals surface area contributed by atoms with Crippen LogP contribution in [0.3, 0.4) is 0 Å². The first kappa shape index (κ1) is 11.1. The van der Waals surface area contributed by atoms with Gasteiger partial charge in [-0.15, -0.1) is 0 Å². The number of nitrogens with zero attached hydrogens (tertiary/aromatic N) is 2. The average Bonchev–Trinajstić information content (AvgIpc) is 2.27. The van der Waals surface area contributed by atoms with Gasteiger partial charge in [0.2, 0.25) is 0 Å². The third-order valence-corrected chi connectivity index (χ3v) is 2.90. The highest BCUT2D eigenvalue weighted by molar-refractivity contribution is 5.81. The molecule has 2 heterocycles. The van der Waals surface area contributed by atoms with Gasteiger partial charge in [0.25, 0.3) is 0 Å². The summed E-state index contributed by atoms with van der Waals surface area (Å²) in [7, 11) is 0. The molecule has 0 N–H and O–H groups in total. The Morgan fingerprint density at radius 3 is 2.38 bits per heavy atom. The lowest BCUT2D eigenvalue weighted by molar-refractivity contribution is 0.823. The Morgan fingerprint density at radius 2 is 1.75 bits per heavy atom. The van der Waals surface area contributed by atoms with Crippen LogP contribution in [0.1, 0.15) is 50.8 Å². The molecule has 84 valence electrons. The standard InChI is InChI=1S/C14H18N2/c1-9(2)11-5-6-15-14-7-13(10(3)4)16-8-12(11)14/h5-10H,1-4H3. The van der Waals surface area contributed by atoms with E-state index in [0.29, 0.717) is 11.8 Å². The van der Waals surface area contributed by atoms with Gasteiger partial charge in [0.05, 0.1) is 5.52 Å². The van der Waals surface area contributed by atoms with Crippen molar-refractivity contribution in [3.63, 3.8) is 0 Å². The van der Waals surface area contributed by atoms with Crippen LogP contribution in [0.5, 0.6) is 0 Å². The molecule has 0 fully saturated rings. The fraction of sp³-hybridized carbons (Fsp3) is 0.429. The van der Waals surface area contributed by atoms with E-state index in [-0.39, 0.29) is 0 Å². The molecule has 2 heteroatoms. The molecule has 16 heavy (non-hydrogen) atoms. The first-order valence-electron chi connectivity index (χ1n) is 5.84. The molecule has 0 bridgehead atoms. The Morgan fingerprint density at radius 1 is 1.00 bits per heavy atom. The van der Waals surface area contributed by atoms with Crippen molar-refractivity contribution >= 4 is 10.9 Å². The summed E-state index contributed by atoms with van der Waals surface area (Å²) in [6, 6.07) is 4.19. The quantitative estimate of drug-likeness (QED) is 0.758. The summed E-state index contributed by atoms with van der Waals surface area (Å²) < 4.78 is 0. The highest BCUT2D eigenvalue weighted by atomic mass is 14.7. The van der Waals surface area contributed by atoms with Gasteiger partial charge in [-0.05, 0) is 29.5 Å². The summed E-state index contributed by atoms with van der Waals surface area (Å²) in [6.07, 6.45) is 3.86. The minimum Gasteiger partial charge on any atom is -0.260 e. The van der Waals surface area contributed by atoms with Crippen molar-refractivity contribution in [2.45, 2.75) is 39.5 Å². The van der Waals surface area contributed by atoms with Gasteiger partial charge in [0.1, 0.15) is 0 Å². The van der Waals surface area contributed by atoms with Crippen molar-refractivity contribution in [3.8, 4) is 0 Å². The minimum absolute atomic E-state index is 0.453. The molecule has 0 saturated carbocycles. The first-order valence-corrected chi connectivity index (χ1v) is 5.84. The molecule has 0 aliphatic carbocycles. The number of hydrogen-bond donors (Lipinski definition) is 0. The van der Waals surface area contributed by atoms with Gasteiger partial charge in [-0.25, -0.2) is 0 Å². The fourth-order valence-electron chi connectivity index (χ4n) is 1.90. The molecule has 0 radical (unpaired) electrons. The van der Waals surface area contributed by atoms with Crippen LogP contribution in [0.25, 0.3) is 10.9 Å². The maximum atomic E-state index is 4.51. The Kier molecular flexibility index (Phi) is 2.90. The Hall–Kier alpha value is -1.44. The van der Waals surface area contributed by atoms with Crippen molar-refractivity contribution < 1.29 is 0 Å². The van der Waals surface area contributed by atoms with Crippen LogP contribution in [0.15, 0.2) is 24.5 Å². The van der Waals surface area contributed by atoms with Gasteiger partial charge in [0.15, 0.2) is 0 Å². The zero-order valence-electron chi connectivity index (χ0n) is 10.4. The highest BCUT2D eigenvalue weighted by Crippen LogP contribution is 2.24. The van der Waals surface area contributed by atoms with E-state index in [1.165, 1.54) is 10.9 Å². The van der Waals surface area contributed by atoms with Crippen LogP contribution in [0.4, 0.5) is 0 Å². The zero-order valence-corrected chi connectivity index (χ0v) is 10.4. The summed E-state index contributed by atoms with van der Waals surface area (Å²) in [4.78, 5) is 8.94. The molecule has 2 aromatic rings. The van der Waals surface area contributed by atoms with E-state index >= 15 is 0 Å².